The molecule has 0 spiro atoms. The number of halogens is 1. The van der Waals surface area contributed by atoms with Gasteiger partial charge < -0.3 is 9.84 Å². The van der Waals surface area contributed by atoms with Crippen LogP contribution in [0.1, 0.15) is 69.9 Å². The molecule has 0 saturated heterocycles. The molecule has 3 rings (SSSR count). The van der Waals surface area contributed by atoms with Crippen molar-refractivity contribution >= 4 is 10.8 Å². The van der Waals surface area contributed by atoms with Gasteiger partial charge in [-0.15, -0.1) is 0 Å². The monoisotopic (exact) mass is 418 g/mol. The van der Waals surface area contributed by atoms with Crippen LogP contribution in [0.25, 0.3) is 0 Å². The van der Waals surface area contributed by atoms with Crippen LogP contribution >= 0.6 is 0 Å². The van der Waals surface area contributed by atoms with E-state index in [0.29, 0.717) is 18.1 Å². The normalized spacial score (nSPS) is 24.0. The summed E-state index contributed by atoms with van der Waals surface area (Å²) in [7, 11) is -1.17. The van der Waals surface area contributed by atoms with Gasteiger partial charge in [0.2, 0.25) is 0 Å². The van der Waals surface area contributed by atoms with Gasteiger partial charge in [0.1, 0.15) is 5.82 Å². The smallest absolute Gasteiger partial charge is 0.160 e. The van der Waals surface area contributed by atoms with E-state index in [9.17, 15) is 13.7 Å². The zero-order chi connectivity index (χ0) is 21.0. The first-order valence-corrected chi connectivity index (χ1v) is 11.9. The second-order valence-corrected chi connectivity index (χ2v) is 9.47. The van der Waals surface area contributed by atoms with Gasteiger partial charge in [-0.25, -0.2) is 4.39 Å². The van der Waals surface area contributed by atoms with Gasteiger partial charge in [-0.2, -0.15) is 0 Å². The summed E-state index contributed by atoms with van der Waals surface area (Å²) in [5.41, 5.74) is 1.61. The Balaban J connectivity index is 2.12. The van der Waals surface area contributed by atoms with Crippen molar-refractivity contribution in [2.75, 3.05) is 12.4 Å². The summed E-state index contributed by atoms with van der Waals surface area (Å²) in [4.78, 5) is 0.719. The summed E-state index contributed by atoms with van der Waals surface area (Å²) in [6.45, 7) is 6.68. The van der Waals surface area contributed by atoms with Gasteiger partial charge in [0.15, 0.2) is 11.5 Å². The fraction of sp³-hybridized carbons (Fsp3) is 0.500. The lowest BCUT2D eigenvalue weighted by atomic mass is 9.71. The Hall–Kier alpha value is -1.88. The molecule has 1 aliphatic heterocycles. The number of aromatic hydroxyl groups is 1. The largest absolute Gasteiger partial charge is 0.504 e. The topological polar surface area (TPSA) is 46.5 Å². The molecule has 3 atom stereocenters. The number of hydrogen-bond acceptors (Lipinski definition) is 3. The molecule has 1 heterocycles. The van der Waals surface area contributed by atoms with E-state index in [0.717, 1.165) is 48.1 Å². The quantitative estimate of drug-likeness (QED) is 0.586. The number of hydrogen-bond donors (Lipinski definition) is 1. The Bertz CT molecular complexity index is 882. The maximum Gasteiger partial charge on any atom is 0.160 e. The number of ether oxygens (including phenoxy) is 1. The Kier molecular flexibility index (Phi) is 6.99. The highest BCUT2D eigenvalue weighted by atomic mass is 32.2. The molecule has 0 fully saturated rings. The van der Waals surface area contributed by atoms with E-state index in [1.165, 1.54) is 12.1 Å². The summed E-state index contributed by atoms with van der Waals surface area (Å²) in [6, 6.07) is 10.0. The van der Waals surface area contributed by atoms with Gasteiger partial charge in [0.05, 0.1) is 17.4 Å². The van der Waals surface area contributed by atoms with Crippen molar-refractivity contribution < 1.29 is 18.4 Å². The van der Waals surface area contributed by atoms with E-state index in [1.54, 1.807) is 18.2 Å². The van der Waals surface area contributed by atoms with Gasteiger partial charge in [-0.3, -0.25) is 4.21 Å². The van der Waals surface area contributed by atoms with Gasteiger partial charge in [-0.1, -0.05) is 32.8 Å². The van der Waals surface area contributed by atoms with Crippen LogP contribution in [0.5, 0.6) is 11.5 Å². The number of unbranched alkanes of at least 4 members (excludes halogenated alkanes) is 1. The first-order valence-electron chi connectivity index (χ1n) is 10.6. The molecule has 2 aromatic carbocycles. The third kappa shape index (κ3) is 4.66. The molecule has 5 heteroatoms. The third-order valence-electron chi connectivity index (χ3n) is 6.16. The fourth-order valence-corrected chi connectivity index (χ4v) is 6.29. The standard InChI is InChI=1S/C24H31FO3S/c1-4-7-12-24(5-2)15-20(17-8-10-22(28-6-3)21(26)13-17)19-14-18(25)9-11-23(19)29(27)16-24/h8-11,13-14,20,26H,4-7,12,15-16H2,1-3H3/t20-,24?,29?/m1/s1. The number of fused-ring (bicyclic) bond motifs is 1. The van der Waals surface area contributed by atoms with Crippen molar-refractivity contribution in [3.05, 3.63) is 53.3 Å². The van der Waals surface area contributed by atoms with Crippen LogP contribution < -0.4 is 4.74 Å². The molecule has 29 heavy (non-hydrogen) atoms. The summed E-state index contributed by atoms with van der Waals surface area (Å²) in [6.07, 6.45) is 4.89. The summed E-state index contributed by atoms with van der Waals surface area (Å²) >= 11 is 0. The van der Waals surface area contributed by atoms with Crippen LogP contribution in [0.2, 0.25) is 0 Å². The zero-order valence-corrected chi connectivity index (χ0v) is 18.4. The van der Waals surface area contributed by atoms with Gasteiger partial charge in [0, 0.05) is 16.6 Å². The first kappa shape index (κ1) is 21.8. The van der Waals surface area contributed by atoms with Crippen molar-refractivity contribution in [3.8, 4) is 11.5 Å². The molecule has 2 unspecified atom stereocenters. The maximum absolute atomic E-state index is 14.2. The maximum atomic E-state index is 14.2. The molecular formula is C24H31FO3S. The van der Waals surface area contributed by atoms with Crippen LogP contribution in [-0.2, 0) is 10.8 Å². The molecule has 0 aromatic heterocycles. The molecule has 2 aromatic rings. The highest BCUT2D eigenvalue weighted by Crippen LogP contribution is 2.48. The van der Waals surface area contributed by atoms with Gasteiger partial charge in [0.25, 0.3) is 0 Å². The number of phenols is 1. The zero-order valence-electron chi connectivity index (χ0n) is 17.5. The predicted octanol–water partition coefficient (Wildman–Crippen LogP) is 6.16. The van der Waals surface area contributed by atoms with E-state index in [-0.39, 0.29) is 22.9 Å². The summed E-state index contributed by atoms with van der Waals surface area (Å²) < 4.78 is 32.9. The summed E-state index contributed by atoms with van der Waals surface area (Å²) in [5, 5.41) is 10.4. The Morgan fingerprint density at radius 2 is 2.00 bits per heavy atom. The van der Waals surface area contributed by atoms with Crippen LogP contribution in [0.4, 0.5) is 4.39 Å². The number of phenolic OH excluding ortho intramolecular Hbond substituents is 1. The highest BCUT2D eigenvalue weighted by molar-refractivity contribution is 7.85. The fourth-order valence-electron chi connectivity index (χ4n) is 4.43. The molecule has 0 bridgehead atoms. The second kappa shape index (κ2) is 9.29. The van der Waals surface area contributed by atoms with Crippen molar-refractivity contribution in [2.45, 2.75) is 63.7 Å². The molecule has 0 radical (unpaired) electrons. The summed E-state index contributed by atoms with van der Waals surface area (Å²) in [5.74, 6) is 0.690. The molecule has 0 aliphatic carbocycles. The molecular weight excluding hydrogens is 387 g/mol. The number of benzene rings is 2. The predicted molar refractivity (Wildman–Crippen MR) is 116 cm³/mol. The molecule has 0 saturated carbocycles. The Labute approximate surface area is 175 Å². The molecule has 1 aliphatic rings. The molecule has 1 N–H and O–H groups in total. The molecule has 158 valence electrons. The van der Waals surface area contributed by atoms with E-state index in [2.05, 4.69) is 13.8 Å². The van der Waals surface area contributed by atoms with Crippen LogP contribution in [0.15, 0.2) is 41.3 Å². The van der Waals surface area contributed by atoms with E-state index in [4.69, 9.17) is 4.74 Å². The lowest BCUT2D eigenvalue weighted by Crippen LogP contribution is -2.27. The van der Waals surface area contributed by atoms with Crippen molar-refractivity contribution in [2.24, 2.45) is 5.41 Å². The third-order valence-corrected chi connectivity index (χ3v) is 7.90. The van der Waals surface area contributed by atoms with E-state index < -0.39 is 10.8 Å². The van der Waals surface area contributed by atoms with Crippen molar-refractivity contribution in [3.63, 3.8) is 0 Å². The minimum absolute atomic E-state index is 0.0742. The van der Waals surface area contributed by atoms with E-state index >= 15 is 0 Å². The van der Waals surface area contributed by atoms with E-state index in [1.807, 2.05) is 13.0 Å². The van der Waals surface area contributed by atoms with Crippen LogP contribution in [0.3, 0.4) is 0 Å². The van der Waals surface area contributed by atoms with Gasteiger partial charge in [-0.05, 0) is 73.1 Å². The van der Waals surface area contributed by atoms with Gasteiger partial charge >= 0.3 is 0 Å². The highest BCUT2D eigenvalue weighted by Gasteiger charge is 2.39. The SMILES string of the molecule is CCCCC1(CC)C[C@H](c2ccc(OCC)c(O)c2)c2cc(F)ccc2S(=O)C1. The average molecular weight is 419 g/mol. The number of rotatable bonds is 7. The Morgan fingerprint density at radius 3 is 2.66 bits per heavy atom. The second-order valence-electron chi connectivity index (χ2n) is 8.05. The lowest BCUT2D eigenvalue weighted by molar-refractivity contribution is 0.249. The minimum atomic E-state index is -1.17. The Morgan fingerprint density at radius 1 is 1.21 bits per heavy atom. The first-order chi connectivity index (χ1) is 13.9. The van der Waals surface area contributed by atoms with Crippen molar-refractivity contribution in [1.82, 2.24) is 0 Å². The van der Waals surface area contributed by atoms with Crippen LogP contribution in [0, 0.1) is 11.2 Å². The van der Waals surface area contributed by atoms with Crippen LogP contribution in [-0.4, -0.2) is 21.7 Å². The minimum Gasteiger partial charge on any atom is -0.504 e. The van der Waals surface area contributed by atoms with Crippen molar-refractivity contribution in [1.29, 1.82) is 0 Å². The molecule has 0 amide bonds. The molecule has 3 nitrogen and oxygen atoms in total. The lowest BCUT2D eigenvalue weighted by Gasteiger charge is -2.34. The average Bonchev–Trinajstić information content (AvgIpc) is 2.83.